The molecule has 1 amide bonds. The number of allylic oxidation sites excluding steroid dienone is 2. The highest BCUT2D eigenvalue weighted by Gasteiger charge is 2.39. The quantitative estimate of drug-likeness (QED) is 0.584. The smallest absolute Gasteiger partial charge is 0.221 e. The van der Waals surface area contributed by atoms with E-state index in [9.17, 15) is 4.79 Å². The summed E-state index contributed by atoms with van der Waals surface area (Å²) in [6, 6.07) is 0. The van der Waals surface area contributed by atoms with Crippen LogP contribution in [0.4, 0.5) is 0 Å². The molecular weight excluding hydrogens is 126 g/mol. The van der Waals surface area contributed by atoms with Gasteiger partial charge in [-0.2, -0.15) is 0 Å². The van der Waals surface area contributed by atoms with Gasteiger partial charge in [0.25, 0.3) is 0 Å². The van der Waals surface area contributed by atoms with Gasteiger partial charge in [-0.05, 0) is 18.8 Å². The Kier molecular flexibility index (Phi) is 2.10. The first kappa shape index (κ1) is 7.32. The fourth-order valence-corrected chi connectivity index (χ4v) is 1.07. The zero-order valence-corrected chi connectivity index (χ0v) is 6.21. The number of hydrogen-bond acceptors (Lipinski definition) is 1. The van der Waals surface area contributed by atoms with Crippen molar-refractivity contribution in [3.05, 3.63) is 12.2 Å². The van der Waals surface area contributed by atoms with E-state index in [0.717, 1.165) is 12.8 Å². The van der Waals surface area contributed by atoms with Crippen LogP contribution in [0.3, 0.4) is 0 Å². The van der Waals surface area contributed by atoms with Gasteiger partial charge >= 0.3 is 0 Å². The third-order valence-corrected chi connectivity index (χ3v) is 1.82. The van der Waals surface area contributed by atoms with E-state index in [-0.39, 0.29) is 11.8 Å². The van der Waals surface area contributed by atoms with Crippen molar-refractivity contribution in [2.24, 2.45) is 17.6 Å². The van der Waals surface area contributed by atoms with Gasteiger partial charge in [0.05, 0.1) is 0 Å². The Hall–Kier alpha value is -0.790. The van der Waals surface area contributed by atoms with Gasteiger partial charge in [0.15, 0.2) is 0 Å². The molecule has 2 N–H and O–H groups in total. The van der Waals surface area contributed by atoms with Gasteiger partial charge in [0.1, 0.15) is 0 Å². The summed E-state index contributed by atoms with van der Waals surface area (Å²) in [4.78, 5) is 10.5. The van der Waals surface area contributed by atoms with Crippen molar-refractivity contribution < 1.29 is 4.79 Å². The molecule has 56 valence electrons. The number of nitrogens with two attached hydrogens (primary N) is 1. The van der Waals surface area contributed by atoms with E-state index < -0.39 is 0 Å². The molecule has 2 atom stereocenters. The van der Waals surface area contributed by atoms with Crippen molar-refractivity contribution in [2.75, 3.05) is 0 Å². The van der Waals surface area contributed by atoms with E-state index in [1.807, 2.05) is 0 Å². The summed E-state index contributed by atoms with van der Waals surface area (Å²) in [6.45, 7) is 2.08. The highest BCUT2D eigenvalue weighted by Crippen LogP contribution is 2.39. The van der Waals surface area contributed by atoms with Gasteiger partial charge in [-0.25, -0.2) is 0 Å². The molecule has 2 nitrogen and oxygen atoms in total. The second-order valence-electron chi connectivity index (χ2n) is 2.74. The van der Waals surface area contributed by atoms with Crippen molar-refractivity contribution in [2.45, 2.75) is 19.8 Å². The SMILES string of the molecule is CCC=CC1CC1C(N)=O. The van der Waals surface area contributed by atoms with Gasteiger partial charge in [-0.1, -0.05) is 19.1 Å². The second-order valence-corrected chi connectivity index (χ2v) is 2.74. The van der Waals surface area contributed by atoms with E-state index in [4.69, 9.17) is 5.73 Å². The molecule has 0 aliphatic heterocycles. The van der Waals surface area contributed by atoms with Crippen LogP contribution in [-0.4, -0.2) is 5.91 Å². The third-order valence-electron chi connectivity index (χ3n) is 1.82. The lowest BCUT2D eigenvalue weighted by Gasteiger charge is -1.85. The van der Waals surface area contributed by atoms with Crippen molar-refractivity contribution in [3.8, 4) is 0 Å². The van der Waals surface area contributed by atoms with Gasteiger partial charge < -0.3 is 5.73 Å². The zero-order valence-electron chi connectivity index (χ0n) is 6.21. The summed E-state index contributed by atoms with van der Waals surface area (Å²) in [5, 5.41) is 0. The van der Waals surface area contributed by atoms with Crippen molar-refractivity contribution in [3.63, 3.8) is 0 Å². The van der Waals surface area contributed by atoms with Gasteiger partial charge in [-0.15, -0.1) is 0 Å². The summed E-state index contributed by atoms with van der Waals surface area (Å²) in [7, 11) is 0. The minimum Gasteiger partial charge on any atom is -0.369 e. The van der Waals surface area contributed by atoms with E-state index >= 15 is 0 Å². The number of carbonyl (C=O) groups excluding carboxylic acids is 1. The molecule has 1 fully saturated rings. The molecule has 0 aromatic rings. The first-order valence-electron chi connectivity index (χ1n) is 3.71. The molecule has 0 aromatic heterocycles. The predicted octanol–water partition coefficient (Wildman–Crippen LogP) is 1.07. The van der Waals surface area contributed by atoms with Gasteiger partial charge in [-0.3, -0.25) is 4.79 Å². The lowest BCUT2D eigenvalue weighted by atomic mass is 10.2. The van der Waals surface area contributed by atoms with E-state index in [2.05, 4.69) is 19.1 Å². The first-order valence-corrected chi connectivity index (χ1v) is 3.71. The second kappa shape index (κ2) is 2.86. The van der Waals surface area contributed by atoms with Gasteiger partial charge in [0.2, 0.25) is 5.91 Å². The minimum absolute atomic E-state index is 0.141. The Balaban J connectivity index is 2.25. The summed E-state index contributed by atoms with van der Waals surface area (Å²) in [5.74, 6) is 0.450. The Labute approximate surface area is 61.1 Å². The molecule has 1 saturated carbocycles. The summed E-state index contributed by atoms with van der Waals surface area (Å²) in [6.07, 6.45) is 6.19. The maximum atomic E-state index is 10.5. The lowest BCUT2D eigenvalue weighted by Crippen LogP contribution is -2.13. The minimum atomic E-state index is -0.147. The van der Waals surface area contributed by atoms with Crippen LogP contribution in [0.1, 0.15) is 19.8 Å². The fourth-order valence-electron chi connectivity index (χ4n) is 1.07. The topological polar surface area (TPSA) is 43.1 Å². The van der Waals surface area contributed by atoms with Crippen LogP contribution in [-0.2, 0) is 4.79 Å². The molecule has 0 spiro atoms. The number of hydrogen-bond donors (Lipinski definition) is 1. The maximum Gasteiger partial charge on any atom is 0.221 e. The van der Waals surface area contributed by atoms with Crippen LogP contribution < -0.4 is 5.73 Å². The first-order chi connectivity index (χ1) is 4.75. The highest BCUT2D eigenvalue weighted by atomic mass is 16.1. The molecule has 10 heavy (non-hydrogen) atoms. The molecule has 1 rings (SSSR count). The molecule has 1 aliphatic carbocycles. The largest absolute Gasteiger partial charge is 0.369 e. The number of rotatable bonds is 3. The molecule has 0 radical (unpaired) electrons. The average Bonchev–Trinajstić information content (AvgIpc) is 2.62. The normalized spacial score (nSPS) is 30.9. The van der Waals surface area contributed by atoms with Crippen LogP contribution in [0, 0.1) is 11.8 Å². The Morgan fingerprint density at radius 2 is 2.50 bits per heavy atom. The molecule has 2 heteroatoms. The van der Waals surface area contributed by atoms with Crippen LogP contribution in [0.2, 0.25) is 0 Å². The van der Waals surface area contributed by atoms with E-state index in [1.165, 1.54) is 0 Å². The summed E-state index contributed by atoms with van der Waals surface area (Å²) < 4.78 is 0. The fraction of sp³-hybridized carbons (Fsp3) is 0.625. The highest BCUT2D eigenvalue weighted by molar-refractivity contribution is 5.80. The average molecular weight is 139 g/mol. The molecule has 0 heterocycles. The third kappa shape index (κ3) is 1.59. The zero-order chi connectivity index (χ0) is 7.56. The van der Waals surface area contributed by atoms with Crippen molar-refractivity contribution >= 4 is 5.91 Å². The summed E-state index contributed by atoms with van der Waals surface area (Å²) in [5.41, 5.74) is 5.09. The number of carbonyl (C=O) groups is 1. The Bertz CT molecular complexity index is 163. The Morgan fingerprint density at radius 1 is 1.80 bits per heavy atom. The predicted molar refractivity (Wildman–Crippen MR) is 40.2 cm³/mol. The number of amides is 1. The Morgan fingerprint density at radius 3 is 2.90 bits per heavy atom. The number of primary amides is 1. The molecule has 0 saturated heterocycles. The monoisotopic (exact) mass is 139 g/mol. The van der Waals surface area contributed by atoms with Crippen molar-refractivity contribution in [1.29, 1.82) is 0 Å². The molecule has 1 aliphatic rings. The van der Waals surface area contributed by atoms with Gasteiger partial charge in [0, 0.05) is 5.92 Å². The lowest BCUT2D eigenvalue weighted by molar-refractivity contribution is -0.119. The van der Waals surface area contributed by atoms with E-state index in [1.54, 1.807) is 0 Å². The van der Waals surface area contributed by atoms with Crippen molar-refractivity contribution in [1.82, 2.24) is 0 Å². The molecule has 0 aromatic carbocycles. The molecule has 2 unspecified atom stereocenters. The summed E-state index contributed by atoms with van der Waals surface area (Å²) >= 11 is 0. The van der Waals surface area contributed by atoms with Crippen LogP contribution in [0.25, 0.3) is 0 Å². The van der Waals surface area contributed by atoms with Crippen LogP contribution in [0.5, 0.6) is 0 Å². The molecular formula is C8H13NO. The standard InChI is InChI=1S/C8H13NO/c1-2-3-4-6-5-7(6)8(9)10/h3-4,6-7H,2,5H2,1H3,(H2,9,10). The van der Waals surface area contributed by atoms with E-state index in [0.29, 0.717) is 5.92 Å². The maximum absolute atomic E-state index is 10.5. The van der Waals surface area contributed by atoms with Crippen LogP contribution >= 0.6 is 0 Å². The molecule has 0 bridgehead atoms. The van der Waals surface area contributed by atoms with Crippen LogP contribution in [0.15, 0.2) is 12.2 Å².